The standard InChI is InChI=1S/C27H33Te2/c1-16-10-19(4)25(20(5)11-16)28-29(26-21(6)12-17(2)13-22(26)7)27-23(8)14-18(3)15-24(27)9/h10-15H,1-9H3/q+1. The number of rotatable bonds is 4. The van der Waals surface area contributed by atoms with Crippen LogP contribution < -0.4 is 10.8 Å². The van der Waals surface area contributed by atoms with Crippen molar-refractivity contribution in [3.63, 3.8) is 0 Å². The summed E-state index contributed by atoms with van der Waals surface area (Å²) in [5, 5.41) is 0. The van der Waals surface area contributed by atoms with Crippen LogP contribution in [0.5, 0.6) is 0 Å². The summed E-state index contributed by atoms with van der Waals surface area (Å²) in [6.07, 6.45) is 0. The number of hydrogen-bond acceptors (Lipinski definition) is 0. The van der Waals surface area contributed by atoms with Crippen LogP contribution in [0.2, 0.25) is 0 Å². The summed E-state index contributed by atoms with van der Waals surface area (Å²) in [5.41, 5.74) is 13.3. The zero-order valence-corrected chi connectivity index (χ0v) is 23.9. The fourth-order valence-corrected chi connectivity index (χ4v) is 32.6. The molecule has 0 aliphatic heterocycles. The fraction of sp³-hybridized carbons (Fsp3) is 0.333. The SMILES string of the molecule is Cc1cc(C)c([Te][Te+](c2c(C)cc(C)cc2C)c2c(C)cc(C)cc2C)c(C)c1. The van der Waals surface area contributed by atoms with Gasteiger partial charge < -0.3 is 0 Å². The summed E-state index contributed by atoms with van der Waals surface area (Å²) < 4.78 is 5.17. The Hall–Kier alpha value is -0.761. The van der Waals surface area contributed by atoms with Gasteiger partial charge >= 0.3 is 192 Å². The Morgan fingerprint density at radius 2 is 0.724 bits per heavy atom. The predicted molar refractivity (Wildman–Crippen MR) is 132 cm³/mol. The van der Waals surface area contributed by atoms with Gasteiger partial charge in [0.05, 0.1) is 0 Å². The summed E-state index contributed by atoms with van der Waals surface area (Å²) in [7, 11) is 0. The molecule has 3 aromatic carbocycles. The number of hydrogen-bond donors (Lipinski definition) is 0. The van der Waals surface area contributed by atoms with Crippen LogP contribution in [0.25, 0.3) is 0 Å². The Morgan fingerprint density at radius 1 is 0.448 bits per heavy atom. The van der Waals surface area contributed by atoms with Crippen molar-refractivity contribution in [2.24, 2.45) is 0 Å². The van der Waals surface area contributed by atoms with Crippen molar-refractivity contribution in [3.8, 4) is 0 Å². The molecular formula is C27H33Te2+. The molecule has 0 spiro atoms. The molecule has 3 rings (SSSR count). The summed E-state index contributed by atoms with van der Waals surface area (Å²) in [5.74, 6) is 0. The maximum atomic E-state index is 2.41. The normalized spacial score (nSPS) is 11.4. The van der Waals surface area contributed by atoms with E-state index >= 15 is 0 Å². The molecular weight excluding hydrogens is 579 g/mol. The van der Waals surface area contributed by atoms with Gasteiger partial charge in [-0.1, -0.05) is 0 Å². The van der Waals surface area contributed by atoms with Crippen molar-refractivity contribution in [3.05, 3.63) is 86.5 Å². The van der Waals surface area contributed by atoms with E-state index in [0.29, 0.717) is 0 Å². The van der Waals surface area contributed by atoms with E-state index in [0.717, 1.165) is 0 Å². The van der Waals surface area contributed by atoms with Gasteiger partial charge in [0.2, 0.25) is 0 Å². The molecule has 0 aromatic heterocycles. The van der Waals surface area contributed by atoms with Crippen LogP contribution in [-0.2, 0) is 0 Å². The first-order chi connectivity index (χ1) is 13.6. The summed E-state index contributed by atoms with van der Waals surface area (Å²) in [4.78, 5) is 0. The van der Waals surface area contributed by atoms with E-state index in [1.54, 1.807) is 10.8 Å². The minimum absolute atomic E-state index is 0.304. The Morgan fingerprint density at radius 3 is 1.03 bits per heavy atom. The third-order valence-corrected chi connectivity index (χ3v) is 26.7. The van der Waals surface area contributed by atoms with Crippen LogP contribution in [-0.4, -0.2) is 32.7 Å². The predicted octanol–water partition coefficient (Wildman–Crippen LogP) is 4.60. The molecule has 0 aliphatic carbocycles. The van der Waals surface area contributed by atoms with Crippen molar-refractivity contribution >= 4 is 43.6 Å². The van der Waals surface area contributed by atoms with Gasteiger partial charge in [0.25, 0.3) is 0 Å². The second-order valence-electron chi connectivity index (χ2n) is 8.54. The van der Waals surface area contributed by atoms with Crippen molar-refractivity contribution in [1.82, 2.24) is 0 Å². The summed E-state index contributed by atoms with van der Waals surface area (Å²) >= 11 is -2.03. The van der Waals surface area contributed by atoms with Gasteiger partial charge in [-0.25, -0.2) is 0 Å². The van der Waals surface area contributed by atoms with Gasteiger partial charge in [-0.15, -0.1) is 0 Å². The van der Waals surface area contributed by atoms with Gasteiger partial charge in [0.1, 0.15) is 0 Å². The molecule has 0 nitrogen and oxygen atoms in total. The Labute approximate surface area is 191 Å². The Bertz CT molecular complexity index is 949. The van der Waals surface area contributed by atoms with Gasteiger partial charge in [-0.3, -0.25) is 0 Å². The molecule has 0 saturated heterocycles. The third kappa shape index (κ3) is 4.94. The van der Waals surface area contributed by atoms with Gasteiger partial charge in [0.15, 0.2) is 0 Å². The van der Waals surface area contributed by atoms with E-state index in [-0.39, 0.29) is 17.1 Å². The molecule has 0 N–H and O–H groups in total. The van der Waals surface area contributed by atoms with Crippen molar-refractivity contribution < 1.29 is 0 Å². The average Bonchev–Trinajstić information content (AvgIpc) is 2.55. The molecule has 152 valence electrons. The van der Waals surface area contributed by atoms with Crippen molar-refractivity contribution in [1.29, 1.82) is 0 Å². The molecule has 0 atom stereocenters. The number of benzene rings is 3. The van der Waals surface area contributed by atoms with Crippen LogP contribution in [0.3, 0.4) is 0 Å². The molecule has 0 unspecified atom stereocenters. The molecule has 0 fully saturated rings. The molecule has 0 amide bonds. The molecule has 0 aliphatic rings. The first-order valence-electron chi connectivity index (χ1n) is 10.2. The quantitative estimate of drug-likeness (QED) is 0.378. The van der Waals surface area contributed by atoms with Crippen LogP contribution in [0.15, 0.2) is 36.4 Å². The van der Waals surface area contributed by atoms with E-state index in [1.807, 2.05) is 0 Å². The van der Waals surface area contributed by atoms with Gasteiger partial charge in [-0.05, 0) is 0 Å². The maximum absolute atomic E-state index is 2.41. The zero-order chi connectivity index (χ0) is 21.5. The monoisotopic (exact) mass is 617 g/mol. The van der Waals surface area contributed by atoms with Gasteiger partial charge in [-0.2, -0.15) is 0 Å². The van der Waals surface area contributed by atoms with E-state index < -0.39 is 15.7 Å². The fourth-order valence-electron chi connectivity index (χ4n) is 4.49. The van der Waals surface area contributed by atoms with Crippen LogP contribution in [0.1, 0.15) is 50.1 Å². The Kier molecular flexibility index (Phi) is 7.24. The van der Waals surface area contributed by atoms with Crippen LogP contribution in [0, 0.1) is 62.3 Å². The molecule has 0 heterocycles. The zero-order valence-electron chi connectivity index (χ0n) is 19.3. The first kappa shape index (κ1) is 22.9. The van der Waals surface area contributed by atoms with Crippen molar-refractivity contribution in [2.45, 2.75) is 62.3 Å². The minimum atomic E-state index is -1.72. The molecule has 0 radical (unpaired) electrons. The molecule has 0 saturated carbocycles. The molecule has 29 heavy (non-hydrogen) atoms. The summed E-state index contributed by atoms with van der Waals surface area (Å²) in [6, 6.07) is 14.4. The Balaban J connectivity index is 2.27. The molecule has 0 bridgehead atoms. The third-order valence-electron chi connectivity index (χ3n) is 5.35. The van der Waals surface area contributed by atoms with E-state index in [1.165, 1.54) is 50.1 Å². The topological polar surface area (TPSA) is 0 Å². The van der Waals surface area contributed by atoms with Crippen molar-refractivity contribution in [2.75, 3.05) is 0 Å². The van der Waals surface area contributed by atoms with Gasteiger partial charge in [0, 0.05) is 0 Å². The van der Waals surface area contributed by atoms with Crippen LogP contribution >= 0.6 is 0 Å². The molecule has 3 aromatic rings. The van der Waals surface area contributed by atoms with E-state index in [4.69, 9.17) is 0 Å². The second kappa shape index (κ2) is 9.16. The van der Waals surface area contributed by atoms with E-state index in [9.17, 15) is 0 Å². The van der Waals surface area contributed by atoms with E-state index in [2.05, 4.69) is 98.7 Å². The summed E-state index contributed by atoms with van der Waals surface area (Å²) in [6.45, 7) is 20.8. The second-order valence-corrected chi connectivity index (χ2v) is 23.6. The first-order valence-corrected chi connectivity index (χ1v) is 21.1. The number of aryl methyl sites for hydroxylation is 9. The molecule has 2 heteroatoms. The average molecular weight is 613 g/mol. The van der Waals surface area contributed by atoms with Crippen LogP contribution in [0.4, 0.5) is 0 Å².